The number of nitrogens with zero attached hydrogens (tertiary/aromatic N) is 2. The smallest absolute Gasteiger partial charge is 0.254 e. The van der Waals surface area contributed by atoms with Crippen LogP contribution in [0.15, 0.2) is 72.8 Å². The number of likely N-dealkylation sites (tertiary alicyclic amines) is 1. The Hall–Kier alpha value is -3.51. The molecule has 2 heterocycles. The standard InChI is InChI=1S/C26H23ClN2O4/c1-32-20-12-6-17(7-13-20)15-28-22-4-2-3-5-24(22)33-21-14-23(26(28)31)29(16-21)25(30)18-8-10-19(27)11-9-18/h2-13,21,23H,14-16H2,1H3. The van der Waals surface area contributed by atoms with Gasteiger partial charge >= 0.3 is 0 Å². The molecule has 3 aromatic carbocycles. The van der Waals surface area contributed by atoms with Crippen LogP contribution in [0.4, 0.5) is 5.69 Å². The molecule has 2 aliphatic rings. The molecule has 0 aliphatic carbocycles. The number of halogens is 1. The van der Waals surface area contributed by atoms with E-state index in [0.29, 0.717) is 41.5 Å². The molecular weight excluding hydrogens is 440 g/mol. The minimum atomic E-state index is -0.607. The lowest BCUT2D eigenvalue weighted by Crippen LogP contribution is -2.47. The van der Waals surface area contributed by atoms with Gasteiger partial charge in [0, 0.05) is 17.0 Å². The van der Waals surface area contributed by atoms with E-state index in [0.717, 1.165) is 11.3 Å². The molecular formula is C26H23ClN2O4. The number of fused-ring (bicyclic) bond motifs is 3. The lowest BCUT2D eigenvalue weighted by Gasteiger charge is -2.32. The average Bonchev–Trinajstić information content (AvgIpc) is 3.27. The van der Waals surface area contributed by atoms with Gasteiger partial charge in [0.25, 0.3) is 5.91 Å². The second kappa shape index (κ2) is 8.79. The number of hydrogen-bond acceptors (Lipinski definition) is 4. The summed E-state index contributed by atoms with van der Waals surface area (Å²) in [7, 11) is 1.62. The van der Waals surface area contributed by atoms with Gasteiger partial charge in [0.15, 0.2) is 0 Å². The molecule has 0 saturated carbocycles. The van der Waals surface area contributed by atoms with Gasteiger partial charge in [-0.25, -0.2) is 0 Å². The maximum absolute atomic E-state index is 13.9. The lowest BCUT2D eigenvalue weighted by atomic mass is 10.1. The van der Waals surface area contributed by atoms with Crippen LogP contribution in [0.2, 0.25) is 5.02 Å². The number of rotatable bonds is 4. The van der Waals surface area contributed by atoms with Crippen LogP contribution >= 0.6 is 11.6 Å². The Bertz CT molecular complexity index is 1180. The second-order valence-electron chi connectivity index (χ2n) is 8.20. The van der Waals surface area contributed by atoms with Crippen LogP contribution in [0, 0.1) is 0 Å². The van der Waals surface area contributed by atoms with Crippen molar-refractivity contribution in [3.63, 3.8) is 0 Å². The zero-order valence-corrected chi connectivity index (χ0v) is 18.9. The summed E-state index contributed by atoms with van der Waals surface area (Å²) in [6, 6.07) is 21.3. The summed E-state index contributed by atoms with van der Waals surface area (Å²) in [6.07, 6.45) is 0.200. The summed E-state index contributed by atoms with van der Waals surface area (Å²) < 4.78 is 11.5. The molecule has 0 N–H and O–H groups in total. The van der Waals surface area contributed by atoms with Gasteiger partial charge in [-0.05, 0) is 54.1 Å². The molecule has 7 heteroatoms. The maximum atomic E-state index is 13.9. The normalized spacial score (nSPS) is 19.4. The summed E-state index contributed by atoms with van der Waals surface area (Å²) in [5, 5.41) is 0.556. The van der Waals surface area contributed by atoms with E-state index in [1.165, 1.54) is 0 Å². The SMILES string of the molecule is COc1ccc(CN2C(=O)C3CC(CN3C(=O)c3ccc(Cl)cc3)Oc3ccccc32)cc1. The lowest BCUT2D eigenvalue weighted by molar-refractivity contribution is -0.122. The minimum absolute atomic E-state index is 0.119. The van der Waals surface area contributed by atoms with E-state index in [4.69, 9.17) is 21.1 Å². The molecule has 2 bridgehead atoms. The number of para-hydroxylation sites is 2. The van der Waals surface area contributed by atoms with Crippen LogP contribution < -0.4 is 14.4 Å². The van der Waals surface area contributed by atoms with Gasteiger partial charge in [0.2, 0.25) is 5.91 Å². The molecule has 1 fully saturated rings. The Morgan fingerprint density at radius 3 is 2.52 bits per heavy atom. The molecule has 2 unspecified atom stereocenters. The number of hydrogen-bond donors (Lipinski definition) is 0. The number of carbonyl (C=O) groups is 2. The van der Waals surface area contributed by atoms with E-state index in [1.807, 2.05) is 48.5 Å². The molecule has 2 amide bonds. The molecule has 1 saturated heterocycles. The van der Waals surface area contributed by atoms with Crippen LogP contribution in [0.25, 0.3) is 0 Å². The molecule has 3 aromatic rings. The molecule has 5 rings (SSSR count). The Kier molecular flexibility index (Phi) is 5.68. The number of methoxy groups -OCH3 is 1. The van der Waals surface area contributed by atoms with Crippen molar-refractivity contribution in [1.29, 1.82) is 0 Å². The third-order valence-corrected chi connectivity index (χ3v) is 6.37. The Labute approximate surface area is 197 Å². The van der Waals surface area contributed by atoms with Gasteiger partial charge in [-0.1, -0.05) is 35.9 Å². The molecule has 0 radical (unpaired) electrons. The zero-order valence-electron chi connectivity index (χ0n) is 18.1. The second-order valence-corrected chi connectivity index (χ2v) is 8.63. The monoisotopic (exact) mass is 462 g/mol. The molecule has 0 spiro atoms. The van der Waals surface area contributed by atoms with Crippen molar-refractivity contribution >= 4 is 29.1 Å². The number of benzene rings is 3. The van der Waals surface area contributed by atoms with E-state index in [2.05, 4.69) is 0 Å². The van der Waals surface area contributed by atoms with Crippen LogP contribution in [-0.2, 0) is 11.3 Å². The van der Waals surface area contributed by atoms with Crippen molar-refractivity contribution in [3.8, 4) is 11.5 Å². The summed E-state index contributed by atoms with van der Waals surface area (Å²) in [4.78, 5) is 30.5. The summed E-state index contributed by atoms with van der Waals surface area (Å²) in [5.41, 5.74) is 2.15. The number of carbonyl (C=O) groups excluding carboxylic acids is 2. The van der Waals surface area contributed by atoms with Gasteiger partial charge in [-0.15, -0.1) is 0 Å². The quantitative estimate of drug-likeness (QED) is 0.570. The van der Waals surface area contributed by atoms with Gasteiger partial charge in [0.05, 0.1) is 25.9 Å². The average molecular weight is 463 g/mol. The molecule has 6 nitrogen and oxygen atoms in total. The molecule has 168 valence electrons. The van der Waals surface area contributed by atoms with Crippen molar-refractivity contribution in [3.05, 3.63) is 88.9 Å². The first-order valence-corrected chi connectivity index (χ1v) is 11.2. The third kappa shape index (κ3) is 4.14. The maximum Gasteiger partial charge on any atom is 0.254 e. The van der Waals surface area contributed by atoms with Crippen molar-refractivity contribution in [2.24, 2.45) is 0 Å². The first kappa shape index (κ1) is 21.3. The van der Waals surface area contributed by atoms with E-state index < -0.39 is 6.04 Å². The van der Waals surface area contributed by atoms with Crippen molar-refractivity contribution < 1.29 is 19.1 Å². The highest BCUT2D eigenvalue weighted by molar-refractivity contribution is 6.30. The minimum Gasteiger partial charge on any atom is -0.497 e. The summed E-state index contributed by atoms with van der Waals surface area (Å²) in [6.45, 7) is 0.704. The van der Waals surface area contributed by atoms with Gasteiger partial charge in [-0.3, -0.25) is 9.59 Å². The van der Waals surface area contributed by atoms with E-state index in [1.54, 1.807) is 41.2 Å². The molecule has 33 heavy (non-hydrogen) atoms. The van der Waals surface area contributed by atoms with Crippen LogP contribution in [0.5, 0.6) is 11.5 Å². The van der Waals surface area contributed by atoms with Crippen molar-refractivity contribution in [1.82, 2.24) is 4.90 Å². The summed E-state index contributed by atoms with van der Waals surface area (Å²) in [5.74, 6) is 1.07. The van der Waals surface area contributed by atoms with Gasteiger partial charge < -0.3 is 19.3 Å². The van der Waals surface area contributed by atoms with Gasteiger partial charge in [-0.2, -0.15) is 0 Å². The fourth-order valence-electron chi connectivity index (χ4n) is 4.43. The van der Waals surface area contributed by atoms with Crippen LogP contribution in [-0.4, -0.2) is 42.5 Å². The first-order chi connectivity index (χ1) is 16.0. The Morgan fingerprint density at radius 1 is 1.06 bits per heavy atom. The predicted octanol–water partition coefficient (Wildman–Crippen LogP) is 4.56. The Balaban J connectivity index is 1.49. The number of ether oxygens (including phenoxy) is 2. The largest absolute Gasteiger partial charge is 0.497 e. The number of amides is 2. The highest BCUT2D eigenvalue weighted by Crippen LogP contribution is 2.37. The van der Waals surface area contributed by atoms with Crippen LogP contribution in [0.3, 0.4) is 0 Å². The topological polar surface area (TPSA) is 59.1 Å². The zero-order chi connectivity index (χ0) is 22.9. The Morgan fingerprint density at radius 2 is 1.79 bits per heavy atom. The highest BCUT2D eigenvalue weighted by atomic mass is 35.5. The number of anilines is 1. The highest BCUT2D eigenvalue weighted by Gasteiger charge is 2.45. The fourth-order valence-corrected chi connectivity index (χ4v) is 4.56. The first-order valence-electron chi connectivity index (χ1n) is 10.8. The van der Waals surface area contributed by atoms with Gasteiger partial charge in [0.1, 0.15) is 23.6 Å². The molecule has 0 aromatic heterocycles. The summed E-state index contributed by atoms with van der Waals surface area (Å²) >= 11 is 5.98. The van der Waals surface area contributed by atoms with E-state index >= 15 is 0 Å². The van der Waals surface area contributed by atoms with Crippen molar-refractivity contribution in [2.75, 3.05) is 18.6 Å². The third-order valence-electron chi connectivity index (χ3n) is 6.12. The van der Waals surface area contributed by atoms with Crippen LogP contribution in [0.1, 0.15) is 22.3 Å². The van der Waals surface area contributed by atoms with Crippen molar-refractivity contribution in [2.45, 2.75) is 25.1 Å². The molecule has 2 atom stereocenters. The predicted molar refractivity (Wildman–Crippen MR) is 126 cm³/mol. The fraction of sp³-hybridized carbons (Fsp3) is 0.231. The van der Waals surface area contributed by atoms with E-state index in [-0.39, 0.29) is 17.9 Å². The molecule has 2 aliphatic heterocycles. The van der Waals surface area contributed by atoms with E-state index in [9.17, 15) is 9.59 Å².